The van der Waals surface area contributed by atoms with Gasteiger partial charge in [-0.05, 0) is 36.8 Å². The highest BCUT2D eigenvalue weighted by molar-refractivity contribution is 5.93. The summed E-state index contributed by atoms with van der Waals surface area (Å²) in [7, 11) is 1.39. The highest BCUT2D eigenvalue weighted by Crippen LogP contribution is 2.19. The molecule has 2 aromatic heterocycles. The monoisotopic (exact) mass is 471 g/mol. The molecule has 0 unspecified atom stereocenters. The van der Waals surface area contributed by atoms with Crippen molar-refractivity contribution < 1.29 is 28.5 Å². The first-order chi connectivity index (χ1) is 16.4. The molecule has 1 aliphatic heterocycles. The number of carbonyl (C=O) groups excluding carboxylic acids is 1. The van der Waals surface area contributed by atoms with Crippen LogP contribution in [-0.2, 0) is 22.6 Å². The predicted octanol–water partition coefficient (Wildman–Crippen LogP) is 1.50. The van der Waals surface area contributed by atoms with Crippen LogP contribution in [0.1, 0.15) is 21.7 Å². The van der Waals surface area contributed by atoms with Crippen LogP contribution >= 0.6 is 0 Å². The summed E-state index contributed by atoms with van der Waals surface area (Å²) in [6, 6.07) is 7.83. The van der Waals surface area contributed by atoms with Gasteiger partial charge in [0.05, 0.1) is 33.5 Å². The molecular weight excluding hydrogens is 445 g/mol. The molecule has 2 N–H and O–H groups in total. The lowest BCUT2D eigenvalue weighted by molar-refractivity contribution is -0.149. The maximum atomic E-state index is 13.6. The van der Waals surface area contributed by atoms with E-state index in [-0.39, 0.29) is 42.7 Å². The molecule has 1 aliphatic rings. The van der Waals surface area contributed by atoms with E-state index in [4.69, 9.17) is 19.3 Å². The lowest BCUT2D eigenvalue weighted by atomic mass is 10.1. The van der Waals surface area contributed by atoms with Crippen molar-refractivity contribution in [1.82, 2.24) is 25.1 Å². The van der Waals surface area contributed by atoms with Crippen molar-refractivity contribution in [1.29, 1.82) is 0 Å². The Labute approximate surface area is 195 Å². The minimum Gasteiger partial charge on any atom is -0.494 e. The molecule has 1 amide bonds. The average Bonchev–Trinajstić information content (AvgIpc) is 3.32. The van der Waals surface area contributed by atoms with E-state index in [1.807, 2.05) is 0 Å². The van der Waals surface area contributed by atoms with Crippen LogP contribution in [-0.4, -0.2) is 69.9 Å². The van der Waals surface area contributed by atoms with E-state index < -0.39 is 5.82 Å². The second-order valence-corrected chi connectivity index (χ2v) is 7.92. The summed E-state index contributed by atoms with van der Waals surface area (Å²) in [5, 5.41) is 16.4. The van der Waals surface area contributed by atoms with E-state index in [2.05, 4.69) is 20.4 Å². The second kappa shape index (κ2) is 10.7. The lowest BCUT2D eigenvalue weighted by Crippen LogP contribution is -2.39. The fraction of sp³-hybridized carbons (Fsp3) is 0.391. The number of aryl methyl sites for hydroxylation is 1. The molecule has 11 heteroatoms. The fourth-order valence-corrected chi connectivity index (χ4v) is 3.52. The molecule has 0 aliphatic carbocycles. The van der Waals surface area contributed by atoms with Crippen LogP contribution in [0.5, 0.6) is 5.75 Å². The molecule has 180 valence electrons. The van der Waals surface area contributed by atoms with Crippen LogP contribution in [0.15, 0.2) is 36.7 Å². The van der Waals surface area contributed by atoms with Gasteiger partial charge in [-0.15, -0.1) is 0 Å². The predicted molar refractivity (Wildman–Crippen MR) is 119 cm³/mol. The summed E-state index contributed by atoms with van der Waals surface area (Å²) in [5.41, 5.74) is 2.21. The van der Waals surface area contributed by atoms with Crippen LogP contribution < -0.4 is 10.1 Å². The van der Waals surface area contributed by atoms with Gasteiger partial charge in [0.15, 0.2) is 17.4 Å². The number of nitrogens with zero attached hydrogens (tertiary/aromatic N) is 4. The van der Waals surface area contributed by atoms with E-state index in [0.717, 1.165) is 0 Å². The van der Waals surface area contributed by atoms with Gasteiger partial charge in [-0.2, -0.15) is 5.10 Å². The Morgan fingerprint density at radius 1 is 1.26 bits per heavy atom. The molecule has 34 heavy (non-hydrogen) atoms. The number of pyridine rings is 1. The van der Waals surface area contributed by atoms with E-state index in [0.29, 0.717) is 42.4 Å². The molecule has 2 atom stereocenters. The molecule has 3 heterocycles. The number of nitrogens with one attached hydrogen (secondary N) is 1. The van der Waals surface area contributed by atoms with Crippen molar-refractivity contribution in [2.45, 2.75) is 32.2 Å². The number of carbonyl (C=O) groups is 1. The quantitative estimate of drug-likeness (QED) is 0.507. The Morgan fingerprint density at radius 3 is 2.79 bits per heavy atom. The molecule has 3 aromatic rings. The van der Waals surface area contributed by atoms with E-state index in [1.165, 1.54) is 19.2 Å². The molecule has 4 rings (SSSR count). The van der Waals surface area contributed by atoms with Crippen LogP contribution in [0.3, 0.4) is 0 Å². The average molecular weight is 471 g/mol. The zero-order chi connectivity index (χ0) is 24.1. The molecule has 1 aromatic carbocycles. The van der Waals surface area contributed by atoms with E-state index in [1.54, 1.807) is 36.1 Å². The highest BCUT2D eigenvalue weighted by Gasteiger charge is 2.22. The summed E-state index contributed by atoms with van der Waals surface area (Å²) in [6.45, 7) is 3.04. The first-order valence-electron chi connectivity index (χ1n) is 10.8. The maximum absolute atomic E-state index is 13.6. The van der Waals surface area contributed by atoms with Crippen molar-refractivity contribution in [3.63, 3.8) is 0 Å². The minimum absolute atomic E-state index is 0.0738. The summed E-state index contributed by atoms with van der Waals surface area (Å²) in [6.07, 6.45) is 1.11. The highest BCUT2D eigenvalue weighted by atomic mass is 19.1. The second-order valence-electron chi connectivity index (χ2n) is 7.92. The van der Waals surface area contributed by atoms with Crippen molar-refractivity contribution in [3.8, 4) is 17.1 Å². The zero-order valence-corrected chi connectivity index (χ0v) is 18.9. The Morgan fingerprint density at radius 2 is 2.06 bits per heavy atom. The molecule has 1 saturated heterocycles. The molecule has 1 fully saturated rings. The number of aromatic nitrogens is 4. The van der Waals surface area contributed by atoms with Gasteiger partial charge in [-0.3, -0.25) is 4.79 Å². The van der Waals surface area contributed by atoms with Gasteiger partial charge >= 0.3 is 0 Å². The standard InChI is InChI=1S/C23H26FN5O5/c1-14-5-16(22-26-13-29(28-22)9-17-11-34-18(10-30)12-33-17)7-20(27-14)23(31)25-8-15-3-4-19(24)21(6-15)32-2/h3-7,13,17-18,30H,8-12H2,1-2H3,(H,25,31)/t17-,18+/m0/s1. The fourth-order valence-electron chi connectivity index (χ4n) is 3.52. The number of hydrogen-bond acceptors (Lipinski definition) is 8. The van der Waals surface area contributed by atoms with Gasteiger partial charge < -0.3 is 24.6 Å². The summed E-state index contributed by atoms with van der Waals surface area (Å²) >= 11 is 0. The summed E-state index contributed by atoms with van der Waals surface area (Å²) in [5.74, 6) is -0.277. The van der Waals surface area contributed by atoms with Gasteiger partial charge in [0.1, 0.15) is 24.2 Å². The van der Waals surface area contributed by atoms with Crippen LogP contribution in [0.4, 0.5) is 4.39 Å². The molecule has 0 bridgehead atoms. The van der Waals surface area contributed by atoms with Crippen molar-refractivity contribution >= 4 is 5.91 Å². The normalized spacial score (nSPS) is 18.0. The van der Waals surface area contributed by atoms with Crippen molar-refractivity contribution in [3.05, 3.63) is 59.4 Å². The van der Waals surface area contributed by atoms with E-state index in [9.17, 15) is 9.18 Å². The number of aliphatic hydroxyl groups excluding tert-OH is 1. The molecule has 0 saturated carbocycles. The van der Waals surface area contributed by atoms with Gasteiger partial charge in [-0.1, -0.05) is 6.07 Å². The number of benzene rings is 1. The first kappa shape index (κ1) is 23.7. The third-order valence-electron chi connectivity index (χ3n) is 5.28. The van der Waals surface area contributed by atoms with Gasteiger partial charge in [0, 0.05) is 17.8 Å². The molecule has 0 radical (unpaired) electrons. The number of amides is 1. The van der Waals surface area contributed by atoms with Crippen molar-refractivity contribution in [2.75, 3.05) is 26.9 Å². The Hall–Kier alpha value is -3.41. The SMILES string of the molecule is COc1cc(CNC(=O)c2cc(-c3ncn(C[C@H]4CO[C@H](CO)CO4)n3)cc(C)n2)ccc1F. The number of aliphatic hydroxyl groups is 1. The molecule has 0 spiro atoms. The molecular formula is C23H26FN5O5. The van der Waals surface area contributed by atoms with Gasteiger partial charge in [0.2, 0.25) is 0 Å². The number of hydrogen-bond donors (Lipinski definition) is 2. The Balaban J connectivity index is 1.41. The largest absolute Gasteiger partial charge is 0.494 e. The van der Waals surface area contributed by atoms with Gasteiger partial charge in [-0.25, -0.2) is 19.0 Å². The maximum Gasteiger partial charge on any atom is 0.270 e. The Bertz CT molecular complexity index is 1150. The first-order valence-corrected chi connectivity index (χ1v) is 10.8. The molecule has 10 nitrogen and oxygen atoms in total. The summed E-state index contributed by atoms with van der Waals surface area (Å²) in [4.78, 5) is 21.4. The van der Waals surface area contributed by atoms with E-state index >= 15 is 0 Å². The number of ether oxygens (including phenoxy) is 3. The smallest absolute Gasteiger partial charge is 0.270 e. The van der Waals surface area contributed by atoms with Gasteiger partial charge in [0.25, 0.3) is 5.91 Å². The van der Waals surface area contributed by atoms with Crippen LogP contribution in [0.25, 0.3) is 11.4 Å². The minimum atomic E-state index is -0.466. The number of halogens is 1. The Kier molecular flexibility index (Phi) is 7.46. The summed E-state index contributed by atoms with van der Waals surface area (Å²) < 4.78 is 31.4. The number of rotatable bonds is 8. The number of methoxy groups -OCH3 is 1. The topological polar surface area (TPSA) is 121 Å². The third kappa shape index (κ3) is 5.74. The lowest BCUT2D eigenvalue weighted by Gasteiger charge is -2.28. The van der Waals surface area contributed by atoms with Crippen LogP contribution in [0, 0.1) is 12.7 Å². The van der Waals surface area contributed by atoms with Crippen LogP contribution in [0.2, 0.25) is 0 Å². The zero-order valence-electron chi connectivity index (χ0n) is 18.9. The third-order valence-corrected chi connectivity index (χ3v) is 5.28. The van der Waals surface area contributed by atoms with Crippen molar-refractivity contribution in [2.24, 2.45) is 0 Å².